The van der Waals surface area contributed by atoms with Gasteiger partial charge in [0.15, 0.2) is 6.10 Å². The summed E-state index contributed by atoms with van der Waals surface area (Å²) in [4.78, 5) is 48.7. The number of unbranched alkanes of at least 4 members (excludes halogenated alkanes) is 7. The van der Waals surface area contributed by atoms with Crippen molar-refractivity contribution in [2.24, 2.45) is 0 Å². The van der Waals surface area contributed by atoms with Crippen LogP contribution in [0.1, 0.15) is 201 Å². The van der Waals surface area contributed by atoms with Gasteiger partial charge in [-0.2, -0.15) is 0 Å². The molecular weight excluding hydrogens is 1050 g/mol. The van der Waals surface area contributed by atoms with Gasteiger partial charge in [-0.1, -0.05) is 222 Å². The number of carbonyl (C=O) groups excluding carboxylic acids is 3. The largest absolute Gasteiger partial charge is 0.472 e. The minimum atomic E-state index is -4.80. The summed E-state index contributed by atoms with van der Waals surface area (Å²) in [6.07, 6.45) is 84.3. The summed E-state index contributed by atoms with van der Waals surface area (Å²) in [5.74, 6) is -1.66. The first-order valence-electron chi connectivity index (χ1n) is 30.7. The normalized spacial score (nSPS) is 14.5. The second kappa shape index (κ2) is 61.6. The molecule has 12 heteroatoms. The Hall–Kier alpha value is -5.42. The summed E-state index contributed by atoms with van der Waals surface area (Å²) in [5.41, 5.74) is 0. The number of hydrogen-bond donors (Lipinski definition) is 2. The lowest BCUT2D eigenvalue weighted by molar-refractivity contribution is -0.161. The van der Waals surface area contributed by atoms with Crippen LogP contribution in [0.15, 0.2) is 182 Å². The molecule has 0 saturated carbocycles. The first-order valence-corrected chi connectivity index (χ1v) is 32.2. The van der Waals surface area contributed by atoms with Gasteiger partial charge in [-0.15, -0.1) is 0 Å². The molecule has 3 unspecified atom stereocenters. The number of allylic oxidation sites excluding steroid dienone is 30. The summed E-state index contributed by atoms with van der Waals surface area (Å²) in [6.45, 7) is 4.13. The molecule has 0 aromatic carbocycles. The maximum Gasteiger partial charge on any atom is 0.472 e. The Kier molecular flexibility index (Phi) is 57.6. The van der Waals surface area contributed by atoms with E-state index < -0.39 is 64.4 Å². The number of aliphatic hydroxyl groups excluding tert-OH is 1. The molecule has 0 aliphatic heterocycles. The highest BCUT2D eigenvalue weighted by Crippen LogP contribution is 2.43. The van der Waals surface area contributed by atoms with Crippen LogP contribution in [0, 0.1) is 0 Å². The van der Waals surface area contributed by atoms with Crippen LogP contribution in [-0.4, -0.2) is 66.5 Å². The molecule has 3 atom stereocenters. The highest BCUT2D eigenvalue weighted by atomic mass is 31.2. The molecule has 2 N–H and O–H groups in total. The molecule has 0 fully saturated rings. The molecule has 11 nitrogen and oxygen atoms in total. The van der Waals surface area contributed by atoms with E-state index in [4.69, 9.17) is 23.3 Å². The lowest BCUT2D eigenvalue weighted by Gasteiger charge is -2.21. The van der Waals surface area contributed by atoms with Crippen molar-refractivity contribution in [3.8, 4) is 0 Å². The van der Waals surface area contributed by atoms with Crippen LogP contribution in [0.4, 0.5) is 0 Å². The number of phosphoric acid groups is 1. The molecule has 458 valence electrons. The maximum atomic E-state index is 12.9. The smallest absolute Gasteiger partial charge is 0.462 e. The van der Waals surface area contributed by atoms with E-state index >= 15 is 0 Å². The zero-order valence-corrected chi connectivity index (χ0v) is 51.5. The van der Waals surface area contributed by atoms with Crippen molar-refractivity contribution in [2.45, 2.75) is 213 Å². The molecule has 0 radical (unpaired) electrons. The molecule has 0 aromatic rings. The van der Waals surface area contributed by atoms with Gasteiger partial charge in [0.2, 0.25) is 0 Å². The van der Waals surface area contributed by atoms with Crippen LogP contribution in [0.5, 0.6) is 0 Å². The Labute approximate surface area is 497 Å². The Morgan fingerprint density at radius 1 is 0.341 bits per heavy atom. The van der Waals surface area contributed by atoms with E-state index in [1.807, 2.05) is 12.2 Å². The highest BCUT2D eigenvalue weighted by Gasteiger charge is 2.28. The predicted molar refractivity (Wildman–Crippen MR) is 343 cm³/mol. The number of carbonyl (C=O) groups is 3. The van der Waals surface area contributed by atoms with Crippen LogP contribution < -0.4 is 0 Å². The summed E-state index contributed by atoms with van der Waals surface area (Å²) in [5, 5.41) is 9.84. The van der Waals surface area contributed by atoms with E-state index in [1.54, 1.807) is 0 Å². The first-order chi connectivity index (χ1) is 40.2. The molecule has 0 heterocycles. The number of hydrogen-bond acceptors (Lipinski definition) is 10. The fraction of sp³-hybridized carbons (Fsp3) is 0.529. The molecule has 0 aliphatic carbocycles. The van der Waals surface area contributed by atoms with Crippen molar-refractivity contribution in [3.05, 3.63) is 182 Å². The lowest BCUT2D eigenvalue weighted by Crippen LogP contribution is -2.30. The van der Waals surface area contributed by atoms with Gasteiger partial charge < -0.3 is 24.2 Å². The standard InChI is InChI=1S/C70H107O11P/c1-4-7-10-13-16-19-22-25-28-31-33-36-38-41-44-47-50-53-56-59-68(72)77-63-67(81-70(74)61-58-55-52-49-46-43-40-37-34-32-29-26-23-20-17-14-11-8-5-2)65-79-82(75,76)78-64-66(62-71)80-69(73)60-57-54-51-48-45-42-39-35-30-27-24-21-18-15-12-9-6-3/h7-12,16-21,25-30,33-34,36-37,39,41-44,46,50,53,66-67,71H,4-6,13-15,22-24,31-32,35,38,40,45,47-49,51-52,54-65H2,1-3H3,(H,75,76)/b10-7-,11-8-,12-9-,19-16-,20-17-,21-18-,28-25-,29-26-,30-27-,36-33-,37-34-,42-39-,44-41-,46-43-,53-50-. The van der Waals surface area contributed by atoms with Crippen molar-refractivity contribution in [1.29, 1.82) is 0 Å². The topological polar surface area (TPSA) is 155 Å². The van der Waals surface area contributed by atoms with Gasteiger partial charge in [-0.3, -0.25) is 23.4 Å². The Bertz CT molecular complexity index is 2080. The van der Waals surface area contributed by atoms with E-state index in [0.717, 1.165) is 141 Å². The molecule has 82 heavy (non-hydrogen) atoms. The van der Waals surface area contributed by atoms with Crippen LogP contribution in [0.25, 0.3) is 0 Å². The number of aliphatic hydroxyl groups is 1. The number of phosphoric ester groups is 1. The quantitative estimate of drug-likeness (QED) is 0.0197. The van der Waals surface area contributed by atoms with Gasteiger partial charge in [-0.05, 0) is 141 Å². The summed E-state index contributed by atoms with van der Waals surface area (Å²) < 4.78 is 39.5. The molecule has 0 aromatic heterocycles. The van der Waals surface area contributed by atoms with E-state index in [-0.39, 0.29) is 19.3 Å². The van der Waals surface area contributed by atoms with Crippen molar-refractivity contribution in [1.82, 2.24) is 0 Å². The maximum absolute atomic E-state index is 12.9. The predicted octanol–water partition coefficient (Wildman–Crippen LogP) is 18.8. The molecule has 0 rings (SSSR count). The molecule has 0 bridgehead atoms. The van der Waals surface area contributed by atoms with Gasteiger partial charge in [0.05, 0.1) is 19.8 Å². The molecule has 0 spiro atoms. The average Bonchev–Trinajstić information content (AvgIpc) is 3.47. The van der Waals surface area contributed by atoms with Crippen LogP contribution >= 0.6 is 7.82 Å². The Morgan fingerprint density at radius 3 is 0.963 bits per heavy atom. The van der Waals surface area contributed by atoms with Gasteiger partial charge >= 0.3 is 25.7 Å². The SMILES string of the molecule is CC/C=C\C/C=C\C/C=C\C/C=C\C/C=C\C/C=C\CCC(=O)OCC(COP(=O)(O)OCC(CO)OC(=O)CCCCCC/C=C\C/C=C\C/C=C\C/C=C\CC)OC(=O)CCCCC/C=C\C/C=C\C/C=C\C/C=C\C/C=C\CC. The molecule has 0 amide bonds. The van der Waals surface area contributed by atoms with E-state index in [9.17, 15) is 28.9 Å². The van der Waals surface area contributed by atoms with Crippen molar-refractivity contribution >= 4 is 25.7 Å². The van der Waals surface area contributed by atoms with Crippen LogP contribution in [-0.2, 0) is 42.2 Å². The van der Waals surface area contributed by atoms with E-state index in [0.29, 0.717) is 19.3 Å². The third-order valence-electron chi connectivity index (χ3n) is 11.8. The summed E-state index contributed by atoms with van der Waals surface area (Å²) >= 11 is 0. The third-order valence-corrected chi connectivity index (χ3v) is 12.8. The fourth-order valence-corrected chi connectivity index (χ4v) is 8.06. The van der Waals surface area contributed by atoms with Crippen LogP contribution in [0.3, 0.4) is 0 Å². The van der Waals surface area contributed by atoms with Gasteiger partial charge in [0, 0.05) is 19.3 Å². The van der Waals surface area contributed by atoms with Crippen molar-refractivity contribution in [3.63, 3.8) is 0 Å². The number of ether oxygens (including phenoxy) is 3. The minimum absolute atomic E-state index is 0.0805. The molecule has 0 saturated heterocycles. The number of esters is 3. The first kappa shape index (κ1) is 76.6. The average molecular weight is 1160 g/mol. The monoisotopic (exact) mass is 1150 g/mol. The van der Waals surface area contributed by atoms with E-state index in [1.165, 1.54) is 0 Å². The van der Waals surface area contributed by atoms with E-state index in [2.05, 4.69) is 191 Å². The van der Waals surface area contributed by atoms with Gasteiger partial charge in [0.25, 0.3) is 0 Å². The zero-order valence-electron chi connectivity index (χ0n) is 50.6. The molecular formula is C70H107O11P. The fourth-order valence-electron chi connectivity index (χ4n) is 7.28. The van der Waals surface area contributed by atoms with Crippen molar-refractivity contribution in [2.75, 3.05) is 26.4 Å². The second-order valence-corrected chi connectivity index (χ2v) is 20.8. The van der Waals surface area contributed by atoms with Gasteiger partial charge in [0.1, 0.15) is 12.7 Å². The minimum Gasteiger partial charge on any atom is -0.462 e. The zero-order chi connectivity index (χ0) is 59.8. The van der Waals surface area contributed by atoms with Crippen LogP contribution in [0.2, 0.25) is 0 Å². The highest BCUT2D eigenvalue weighted by molar-refractivity contribution is 7.47. The Balaban J connectivity index is 4.94. The summed E-state index contributed by atoms with van der Waals surface area (Å²) in [6, 6.07) is 0. The molecule has 0 aliphatic rings. The third kappa shape index (κ3) is 59.2. The van der Waals surface area contributed by atoms with Gasteiger partial charge in [-0.25, -0.2) is 4.57 Å². The lowest BCUT2D eigenvalue weighted by atomic mass is 10.1. The van der Waals surface area contributed by atoms with Crippen molar-refractivity contribution < 1.29 is 52.2 Å². The number of rotatable bonds is 54. The second-order valence-electron chi connectivity index (χ2n) is 19.4. The Morgan fingerprint density at radius 2 is 0.622 bits per heavy atom. The summed E-state index contributed by atoms with van der Waals surface area (Å²) in [7, 11) is -4.80.